The zero-order valence-electron chi connectivity index (χ0n) is 14.9. The lowest BCUT2D eigenvalue weighted by Gasteiger charge is -2.13. The molecule has 0 heterocycles. The SMILES string of the molecule is O=C(CSc1ccccc1F)Nc1ccccc1NS(=O)(=O)c1ccc(F)cc1. The van der Waals surface area contributed by atoms with Gasteiger partial charge in [0.25, 0.3) is 10.0 Å². The van der Waals surface area contributed by atoms with Crippen LogP contribution >= 0.6 is 11.8 Å². The summed E-state index contributed by atoms with van der Waals surface area (Å²) >= 11 is 1.03. The Balaban J connectivity index is 1.71. The van der Waals surface area contributed by atoms with E-state index in [4.69, 9.17) is 0 Å². The number of carbonyl (C=O) groups is 1. The summed E-state index contributed by atoms with van der Waals surface area (Å²) in [5.74, 6) is -1.45. The summed E-state index contributed by atoms with van der Waals surface area (Å²) in [5.41, 5.74) is 0.401. The predicted octanol–water partition coefficient (Wildman–Crippen LogP) is 4.50. The minimum Gasteiger partial charge on any atom is -0.324 e. The highest BCUT2D eigenvalue weighted by Gasteiger charge is 2.17. The van der Waals surface area contributed by atoms with Gasteiger partial charge < -0.3 is 5.32 Å². The van der Waals surface area contributed by atoms with Crippen molar-refractivity contribution in [1.82, 2.24) is 0 Å². The molecule has 0 saturated heterocycles. The van der Waals surface area contributed by atoms with E-state index < -0.39 is 27.6 Å². The van der Waals surface area contributed by atoms with Crippen LogP contribution in [0.4, 0.5) is 20.2 Å². The molecule has 29 heavy (non-hydrogen) atoms. The van der Waals surface area contributed by atoms with Crippen LogP contribution in [0.2, 0.25) is 0 Å². The first-order valence-corrected chi connectivity index (χ1v) is 10.9. The first-order valence-electron chi connectivity index (χ1n) is 8.40. The van der Waals surface area contributed by atoms with Gasteiger partial charge in [-0.1, -0.05) is 24.3 Å². The van der Waals surface area contributed by atoms with Crippen LogP contribution in [0.25, 0.3) is 0 Å². The lowest BCUT2D eigenvalue weighted by molar-refractivity contribution is -0.113. The second-order valence-corrected chi connectivity index (χ2v) is 8.57. The van der Waals surface area contributed by atoms with Gasteiger partial charge in [0.05, 0.1) is 22.0 Å². The van der Waals surface area contributed by atoms with Crippen LogP contribution in [0.5, 0.6) is 0 Å². The van der Waals surface area contributed by atoms with Crippen molar-refractivity contribution in [2.45, 2.75) is 9.79 Å². The van der Waals surface area contributed by atoms with Gasteiger partial charge in [-0.15, -0.1) is 11.8 Å². The lowest BCUT2D eigenvalue weighted by Crippen LogP contribution is -2.18. The van der Waals surface area contributed by atoms with E-state index >= 15 is 0 Å². The van der Waals surface area contributed by atoms with Crippen molar-refractivity contribution in [3.8, 4) is 0 Å². The van der Waals surface area contributed by atoms with E-state index in [9.17, 15) is 22.0 Å². The molecule has 3 aromatic carbocycles. The summed E-state index contributed by atoms with van der Waals surface area (Å²) in [6.07, 6.45) is 0. The Bertz CT molecular complexity index is 1120. The molecule has 0 unspecified atom stereocenters. The number of benzene rings is 3. The average molecular weight is 434 g/mol. The third kappa shape index (κ3) is 5.55. The van der Waals surface area contributed by atoms with Crippen LogP contribution in [0, 0.1) is 11.6 Å². The van der Waals surface area contributed by atoms with Gasteiger partial charge in [-0.05, 0) is 48.5 Å². The van der Waals surface area contributed by atoms with Crippen LogP contribution in [-0.2, 0) is 14.8 Å². The molecule has 9 heteroatoms. The largest absolute Gasteiger partial charge is 0.324 e. The fourth-order valence-electron chi connectivity index (χ4n) is 2.39. The third-order valence-corrected chi connectivity index (χ3v) is 6.19. The summed E-state index contributed by atoms with van der Waals surface area (Å²) < 4.78 is 54.1. The van der Waals surface area contributed by atoms with Gasteiger partial charge in [0.15, 0.2) is 0 Å². The average Bonchev–Trinajstić information content (AvgIpc) is 2.69. The van der Waals surface area contributed by atoms with E-state index in [1.807, 2.05) is 0 Å². The highest BCUT2D eigenvalue weighted by Crippen LogP contribution is 2.26. The fraction of sp³-hybridized carbons (Fsp3) is 0.0500. The first kappa shape index (κ1) is 20.8. The number of rotatable bonds is 7. The molecule has 0 bridgehead atoms. The van der Waals surface area contributed by atoms with Crippen molar-refractivity contribution in [3.63, 3.8) is 0 Å². The number of para-hydroxylation sites is 2. The smallest absolute Gasteiger partial charge is 0.261 e. The molecular weight excluding hydrogens is 418 g/mol. The molecule has 0 fully saturated rings. The van der Waals surface area contributed by atoms with Crippen LogP contribution in [-0.4, -0.2) is 20.1 Å². The molecule has 0 atom stereocenters. The molecule has 0 aromatic heterocycles. The number of anilines is 2. The summed E-state index contributed by atoms with van der Waals surface area (Å²) in [4.78, 5) is 12.5. The molecular formula is C20H16F2N2O3S2. The number of carbonyl (C=O) groups excluding carboxylic acids is 1. The maximum absolute atomic E-state index is 13.7. The normalized spacial score (nSPS) is 11.1. The molecule has 0 radical (unpaired) electrons. The molecule has 3 rings (SSSR count). The molecule has 0 spiro atoms. The summed E-state index contributed by atoms with van der Waals surface area (Å²) in [7, 11) is -3.97. The van der Waals surface area contributed by atoms with Crippen molar-refractivity contribution >= 4 is 39.1 Å². The number of hydrogen-bond donors (Lipinski definition) is 2. The summed E-state index contributed by atoms with van der Waals surface area (Å²) in [6, 6.07) is 16.7. The van der Waals surface area contributed by atoms with Gasteiger partial charge in [0.1, 0.15) is 11.6 Å². The number of sulfonamides is 1. The molecule has 0 aliphatic heterocycles. The van der Waals surface area contributed by atoms with E-state index in [-0.39, 0.29) is 22.0 Å². The van der Waals surface area contributed by atoms with Gasteiger partial charge >= 0.3 is 0 Å². The monoisotopic (exact) mass is 434 g/mol. The minimum absolute atomic E-state index is 0.0556. The maximum atomic E-state index is 13.7. The van der Waals surface area contributed by atoms with E-state index in [2.05, 4.69) is 10.0 Å². The fourth-order valence-corrected chi connectivity index (χ4v) is 4.21. The molecule has 1 amide bonds. The summed E-state index contributed by atoms with van der Waals surface area (Å²) in [5, 5.41) is 2.61. The third-order valence-electron chi connectivity index (χ3n) is 3.76. The number of nitrogens with one attached hydrogen (secondary N) is 2. The molecule has 5 nitrogen and oxygen atoms in total. The molecule has 0 saturated carbocycles. The molecule has 150 valence electrons. The Morgan fingerprint density at radius 1 is 0.862 bits per heavy atom. The van der Waals surface area contributed by atoms with Gasteiger partial charge in [0, 0.05) is 4.90 Å². The highest BCUT2D eigenvalue weighted by molar-refractivity contribution is 8.00. The van der Waals surface area contributed by atoms with E-state index in [0.717, 1.165) is 36.0 Å². The molecule has 3 aromatic rings. The zero-order valence-corrected chi connectivity index (χ0v) is 16.6. The highest BCUT2D eigenvalue weighted by atomic mass is 32.2. The number of hydrogen-bond acceptors (Lipinski definition) is 4. The van der Waals surface area contributed by atoms with Crippen molar-refractivity contribution < 1.29 is 22.0 Å². The zero-order chi connectivity index (χ0) is 20.9. The number of thioether (sulfide) groups is 1. The standard InChI is InChI=1S/C20H16F2N2O3S2/c21-14-9-11-15(12-10-14)29(26,27)24-18-7-3-2-6-17(18)23-20(25)13-28-19-8-4-1-5-16(19)22/h1-12,24H,13H2,(H,23,25). The lowest BCUT2D eigenvalue weighted by atomic mass is 10.3. The van der Waals surface area contributed by atoms with Crippen molar-refractivity contribution in [2.24, 2.45) is 0 Å². The van der Waals surface area contributed by atoms with Gasteiger partial charge in [-0.2, -0.15) is 0 Å². The van der Waals surface area contributed by atoms with Gasteiger partial charge in [-0.25, -0.2) is 17.2 Å². The number of amides is 1. The van der Waals surface area contributed by atoms with E-state index in [1.165, 1.54) is 18.2 Å². The molecule has 0 aliphatic rings. The predicted molar refractivity (Wildman–Crippen MR) is 109 cm³/mol. The Morgan fingerprint density at radius 2 is 1.48 bits per heavy atom. The van der Waals surface area contributed by atoms with Crippen LogP contribution in [0.15, 0.2) is 82.6 Å². The maximum Gasteiger partial charge on any atom is 0.261 e. The van der Waals surface area contributed by atoms with Gasteiger partial charge in [0.2, 0.25) is 5.91 Å². The Morgan fingerprint density at radius 3 is 2.17 bits per heavy atom. The quantitative estimate of drug-likeness (QED) is 0.537. The first-order chi connectivity index (χ1) is 13.8. The minimum atomic E-state index is -3.97. The second-order valence-electron chi connectivity index (χ2n) is 5.87. The van der Waals surface area contributed by atoms with Crippen molar-refractivity contribution in [1.29, 1.82) is 0 Å². The number of halogens is 2. The Hall–Kier alpha value is -2.91. The van der Waals surface area contributed by atoms with Crippen molar-refractivity contribution in [2.75, 3.05) is 15.8 Å². The van der Waals surface area contributed by atoms with E-state index in [1.54, 1.807) is 30.3 Å². The topological polar surface area (TPSA) is 75.3 Å². The second kappa shape index (κ2) is 9.06. The molecule has 0 aliphatic carbocycles. The van der Waals surface area contributed by atoms with E-state index in [0.29, 0.717) is 4.90 Å². The van der Waals surface area contributed by atoms with Crippen LogP contribution in [0.1, 0.15) is 0 Å². The summed E-state index contributed by atoms with van der Waals surface area (Å²) in [6.45, 7) is 0. The Labute approximate surface area is 171 Å². The van der Waals surface area contributed by atoms with Gasteiger partial charge in [-0.3, -0.25) is 9.52 Å². The van der Waals surface area contributed by atoms with Crippen LogP contribution < -0.4 is 10.0 Å². The van der Waals surface area contributed by atoms with Crippen LogP contribution in [0.3, 0.4) is 0 Å². The molecule has 2 N–H and O–H groups in total. The van der Waals surface area contributed by atoms with Crippen molar-refractivity contribution in [3.05, 3.63) is 84.4 Å². The Kier molecular flexibility index (Phi) is 6.50.